The number of nitrogens with one attached hydrogen (secondary N) is 1. The molecule has 178 valence electrons. The van der Waals surface area contributed by atoms with Gasteiger partial charge in [-0.25, -0.2) is 12.8 Å². The highest BCUT2D eigenvalue weighted by Gasteiger charge is 2.25. The second-order valence-corrected chi connectivity index (χ2v) is 10.3. The first-order chi connectivity index (χ1) is 15.9. The van der Waals surface area contributed by atoms with Crippen LogP contribution in [0.15, 0.2) is 72.9 Å². The van der Waals surface area contributed by atoms with Crippen LogP contribution in [0.1, 0.15) is 25.0 Å². The fourth-order valence-corrected chi connectivity index (χ4v) is 4.47. The molecule has 0 saturated heterocycles. The third kappa shape index (κ3) is 5.04. The van der Waals surface area contributed by atoms with E-state index in [1.807, 2.05) is 26.0 Å². The lowest BCUT2D eigenvalue weighted by molar-refractivity contribution is -0.0499. The molecule has 1 aromatic heterocycles. The Kier molecular flexibility index (Phi) is 6.07. The van der Waals surface area contributed by atoms with E-state index < -0.39 is 22.0 Å². The molecule has 0 radical (unpaired) electrons. The molecule has 4 rings (SSSR count). The number of nitrogens with zero attached hydrogens (tertiary/aromatic N) is 1. The van der Waals surface area contributed by atoms with Gasteiger partial charge >= 0.3 is 6.61 Å². The van der Waals surface area contributed by atoms with Crippen molar-refractivity contribution in [1.29, 1.82) is 0 Å². The molecule has 0 unspecified atom stereocenters. The predicted molar refractivity (Wildman–Crippen MR) is 127 cm³/mol. The lowest BCUT2D eigenvalue weighted by Crippen LogP contribution is -2.19. The summed E-state index contributed by atoms with van der Waals surface area (Å²) < 4.78 is 72.0. The Balaban J connectivity index is 1.87. The largest absolute Gasteiger partial charge is 0.435 e. The van der Waals surface area contributed by atoms with Crippen molar-refractivity contribution in [3.63, 3.8) is 0 Å². The van der Waals surface area contributed by atoms with E-state index in [0.717, 1.165) is 17.2 Å². The van der Waals surface area contributed by atoms with Crippen molar-refractivity contribution in [2.24, 2.45) is 0 Å². The van der Waals surface area contributed by atoms with Gasteiger partial charge in [-0.2, -0.15) is 8.78 Å². The Bertz CT molecular complexity index is 1450. The van der Waals surface area contributed by atoms with Crippen molar-refractivity contribution < 1.29 is 26.3 Å². The Labute approximate surface area is 195 Å². The number of anilines is 1. The number of fused-ring (bicyclic) bond motifs is 1. The van der Waals surface area contributed by atoms with Crippen LogP contribution in [0.25, 0.3) is 16.6 Å². The molecule has 1 heterocycles. The number of halogens is 3. The van der Waals surface area contributed by atoms with Gasteiger partial charge in [0.2, 0.25) is 10.0 Å². The highest BCUT2D eigenvalue weighted by Crippen LogP contribution is 2.36. The number of alkyl halides is 2. The van der Waals surface area contributed by atoms with Crippen molar-refractivity contribution in [2.75, 3.05) is 11.0 Å². The summed E-state index contributed by atoms with van der Waals surface area (Å²) in [6.45, 7) is 0.810. The third-order valence-electron chi connectivity index (χ3n) is 5.68. The average molecular weight is 489 g/mol. The summed E-state index contributed by atoms with van der Waals surface area (Å²) in [5, 5.41) is 0.832. The smallest absolute Gasteiger partial charge is 0.387 e. The maximum absolute atomic E-state index is 13.5. The molecule has 0 saturated carbocycles. The van der Waals surface area contributed by atoms with E-state index in [9.17, 15) is 21.6 Å². The molecule has 0 bridgehead atoms. The van der Waals surface area contributed by atoms with E-state index in [1.165, 1.54) is 18.2 Å². The highest BCUT2D eigenvalue weighted by atomic mass is 32.2. The number of sulfonamides is 1. The number of aromatic nitrogens is 1. The first-order valence-corrected chi connectivity index (χ1v) is 12.3. The van der Waals surface area contributed by atoms with Crippen molar-refractivity contribution >= 4 is 26.6 Å². The molecular formula is C25H23F3N2O3S. The minimum atomic E-state index is -3.48. The first kappa shape index (κ1) is 23.7. The molecule has 3 aromatic carbocycles. The summed E-state index contributed by atoms with van der Waals surface area (Å²) in [6, 6.07) is 17.8. The van der Waals surface area contributed by atoms with Gasteiger partial charge < -0.3 is 9.30 Å². The Morgan fingerprint density at radius 3 is 2.29 bits per heavy atom. The molecule has 34 heavy (non-hydrogen) atoms. The van der Waals surface area contributed by atoms with Crippen LogP contribution in [0, 0.1) is 5.82 Å². The van der Waals surface area contributed by atoms with Gasteiger partial charge in [0.15, 0.2) is 0 Å². The van der Waals surface area contributed by atoms with Gasteiger partial charge in [-0.3, -0.25) is 4.72 Å². The fourth-order valence-electron chi connectivity index (χ4n) is 3.92. The predicted octanol–water partition coefficient (Wildman–Crippen LogP) is 6.07. The number of rotatable bonds is 7. The SMILES string of the molecule is CC(C)(c1ccc(F)cc1)c1cc(OC(F)F)cc(-n2ccc3ccc(NS(C)(=O)=O)cc32)c1. The van der Waals surface area contributed by atoms with Crippen LogP contribution in [0.2, 0.25) is 0 Å². The zero-order valence-electron chi connectivity index (χ0n) is 18.7. The molecule has 9 heteroatoms. The summed E-state index contributed by atoms with van der Waals surface area (Å²) in [6.07, 6.45) is 2.83. The topological polar surface area (TPSA) is 60.3 Å². The molecule has 0 aliphatic rings. The molecule has 0 amide bonds. The van der Waals surface area contributed by atoms with E-state index in [-0.39, 0.29) is 11.6 Å². The van der Waals surface area contributed by atoms with Crippen LogP contribution in [0.3, 0.4) is 0 Å². The Morgan fingerprint density at radius 2 is 1.65 bits per heavy atom. The highest BCUT2D eigenvalue weighted by molar-refractivity contribution is 7.92. The molecule has 0 fully saturated rings. The maximum Gasteiger partial charge on any atom is 0.387 e. The van der Waals surface area contributed by atoms with Crippen LogP contribution in [-0.2, 0) is 15.4 Å². The molecular weight excluding hydrogens is 465 g/mol. The van der Waals surface area contributed by atoms with Gasteiger partial charge in [0.05, 0.1) is 17.5 Å². The molecule has 4 aromatic rings. The van der Waals surface area contributed by atoms with Gasteiger partial charge in [0, 0.05) is 28.8 Å². The van der Waals surface area contributed by atoms with Crippen LogP contribution < -0.4 is 9.46 Å². The van der Waals surface area contributed by atoms with Gasteiger partial charge in [-0.1, -0.05) is 32.0 Å². The standard InChI is InChI=1S/C25H23F3N2O3S/c1-25(2,17-5-7-19(26)8-6-17)18-12-21(15-22(13-18)33-24(27)28)30-11-10-16-4-9-20(14-23(16)30)29-34(3,31)32/h4-15,24,29H,1-3H3. The second kappa shape index (κ2) is 8.72. The van der Waals surface area contributed by atoms with Crippen LogP contribution in [0.5, 0.6) is 5.75 Å². The summed E-state index contributed by atoms with van der Waals surface area (Å²) in [7, 11) is -3.48. The lowest BCUT2D eigenvalue weighted by atomic mass is 9.78. The van der Waals surface area contributed by atoms with Crippen LogP contribution >= 0.6 is 0 Å². The van der Waals surface area contributed by atoms with Gasteiger partial charge in [0.1, 0.15) is 11.6 Å². The number of benzene rings is 3. The normalized spacial score (nSPS) is 12.3. The fraction of sp³-hybridized carbons (Fsp3) is 0.200. The number of hydrogen-bond donors (Lipinski definition) is 1. The molecule has 1 N–H and O–H groups in total. The van der Waals surface area contributed by atoms with Crippen LogP contribution in [-0.4, -0.2) is 25.9 Å². The quantitative estimate of drug-likeness (QED) is 0.344. The summed E-state index contributed by atoms with van der Waals surface area (Å²) >= 11 is 0. The third-order valence-corrected chi connectivity index (χ3v) is 6.29. The molecule has 0 aliphatic carbocycles. The minimum Gasteiger partial charge on any atom is -0.435 e. The van der Waals surface area contributed by atoms with Crippen molar-refractivity contribution in [3.05, 3.63) is 89.9 Å². The summed E-state index contributed by atoms with van der Waals surface area (Å²) in [5.74, 6) is -0.391. The molecule has 0 spiro atoms. The Hall–Kier alpha value is -3.46. The summed E-state index contributed by atoms with van der Waals surface area (Å²) in [4.78, 5) is 0. The zero-order chi connectivity index (χ0) is 24.7. The second-order valence-electron chi connectivity index (χ2n) is 8.56. The molecule has 0 aliphatic heterocycles. The van der Waals surface area contributed by atoms with Crippen molar-refractivity contribution in [1.82, 2.24) is 4.57 Å². The Morgan fingerprint density at radius 1 is 0.941 bits per heavy atom. The number of hydrogen-bond acceptors (Lipinski definition) is 3. The van der Waals surface area contributed by atoms with E-state index in [0.29, 0.717) is 22.5 Å². The van der Waals surface area contributed by atoms with E-state index in [2.05, 4.69) is 4.72 Å². The van der Waals surface area contributed by atoms with E-state index in [4.69, 9.17) is 4.74 Å². The molecule has 5 nitrogen and oxygen atoms in total. The lowest BCUT2D eigenvalue weighted by Gasteiger charge is -2.27. The van der Waals surface area contributed by atoms with Crippen LogP contribution in [0.4, 0.5) is 18.9 Å². The summed E-state index contributed by atoms with van der Waals surface area (Å²) in [5.41, 5.74) is 2.42. The van der Waals surface area contributed by atoms with Gasteiger partial charge in [-0.15, -0.1) is 0 Å². The molecule has 0 atom stereocenters. The van der Waals surface area contributed by atoms with E-state index >= 15 is 0 Å². The first-order valence-electron chi connectivity index (χ1n) is 10.4. The van der Waals surface area contributed by atoms with Crippen molar-refractivity contribution in [3.8, 4) is 11.4 Å². The average Bonchev–Trinajstić information content (AvgIpc) is 3.15. The van der Waals surface area contributed by atoms with Gasteiger partial charge in [-0.05, 0) is 53.6 Å². The monoisotopic (exact) mass is 488 g/mol. The van der Waals surface area contributed by atoms with E-state index in [1.54, 1.807) is 47.2 Å². The van der Waals surface area contributed by atoms with Crippen molar-refractivity contribution in [2.45, 2.75) is 25.9 Å². The van der Waals surface area contributed by atoms with Gasteiger partial charge in [0.25, 0.3) is 0 Å². The zero-order valence-corrected chi connectivity index (χ0v) is 19.5. The number of ether oxygens (including phenoxy) is 1. The maximum atomic E-state index is 13.5. The minimum absolute atomic E-state index is 0.0232.